The molecule has 1 aromatic heterocycles. The molecule has 0 aliphatic heterocycles. The maximum absolute atomic E-state index is 12.1. The first-order valence-electron chi connectivity index (χ1n) is 8.07. The molecule has 2 atom stereocenters. The monoisotopic (exact) mass is 325 g/mol. The second kappa shape index (κ2) is 7.92. The highest BCUT2D eigenvalue weighted by atomic mass is 32.1. The Morgan fingerprint density at radius 3 is 2.77 bits per heavy atom. The lowest BCUT2D eigenvalue weighted by atomic mass is 9.86. The minimum atomic E-state index is -0.258. The number of urea groups is 1. The molecule has 22 heavy (non-hydrogen) atoms. The summed E-state index contributed by atoms with van der Waals surface area (Å²) in [5, 5.41) is 14.0. The molecule has 0 radical (unpaired) electrons. The zero-order chi connectivity index (χ0) is 16.1. The number of carbonyl (C=O) groups excluding carboxylic acids is 1. The zero-order valence-electron chi connectivity index (χ0n) is 13.8. The number of aliphatic hydroxyl groups excluding tert-OH is 1. The SMILES string of the molecule is Cc1nc(C)c(CCNC(=O)N(C)C[C@@H]2CCCC[C@@H]2O)s1. The molecule has 6 heteroatoms. The molecule has 2 N–H and O–H groups in total. The molecule has 1 heterocycles. The van der Waals surface area contributed by atoms with Gasteiger partial charge in [-0.05, 0) is 26.7 Å². The Kier molecular flexibility index (Phi) is 6.20. The molecule has 1 aliphatic carbocycles. The van der Waals surface area contributed by atoms with E-state index in [2.05, 4.69) is 10.3 Å². The van der Waals surface area contributed by atoms with Crippen LogP contribution in [0.15, 0.2) is 0 Å². The summed E-state index contributed by atoms with van der Waals surface area (Å²) in [6, 6.07) is -0.0586. The van der Waals surface area contributed by atoms with Crippen molar-refractivity contribution in [1.82, 2.24) is 15.2 Å². The van der Waals surface area contributed by atoms with Gasteiger partial charge >= 0.3 is 6.03 Å². The number of hydrogen-bond acceptors (Lipinski definition) is 4. The number of nitrogens with one attached hydrogen (secondary N) is 1. The molecule has 1 saturated carbocycles. The highest BCUT2D eigenvalue weighted by Crippen LogP contribution is 2.24. The molecule has 2 amide bonds. The van der Waals surface area contributed by atoms with Crippen LogP contribution in [0.2, 0.25) is 0 Å². The minimum Gasteiger partial charge on any atom is -0.393 e. The molecule has 0 unspecified atom stereocenters. The summed E-state index contributed by atoms with van der Waals surface area (Å²) in [6.45, 7) is 5.27. The fourth-order valence-electron chi connectivity index (χ4n) is 3.06. The number of carbonyl (C=O) groups is 1. The van der Waals surface area contributed by atoms with E-state index in [4.69, 9.17) is 0 Å². The van der Waals surface area contributed by atoms with Crippen molar-refractivity contribution in [3.63, 3.8) is 0 Å². The number of nitrogens with zero attached hydrogens (tertiary/aromatic N) is 2. The number of hydrogen-bond donors (Lipinski definition) is 2. The molecular formula is C16H27N3O2S. The van der Waals surface area contributed by atoms with Crippen molar-refractivity contribution < 1.29 is 9.90 Å². The van der Waals surface area contributed by atoms with Crippen molar-refractivity contribution in [2.24, 2.45) is 5.92 Å². The number of aromatic nitrogens is 1. The van der Waals surface area contributed by atoms with Crippen LogP contribution in [-0.4, -0.2) is 47.3 Å². The predicted molar refractivity (Wildman–Crippen MR) is 89.3 cm³/mol. The predicted octanol–water partition coefficient (Wildman–Crippen LogP) is 2.49. The van der Waals surface area contributed by atoms with Gasteiger partial charge in [0.05, 0.1) is 16.8 Å². The van der Waals surface area contributed by atoms with Crippen molar-refractivity contribution in [2.75, 3.05) is 20.1 Å². The average molecular weight is 325 g/mol. The average Bonchev–Trinajstić information content (AvgIpc) is 2.79. The summed E-state index contributed by atoms with van der Waals surface area (Å²) in [6.07, 6.45) is 4.69. The second-order valence-corrected chi connectivity index (χ2v) is 7.50. The molecule has 2 rings (SSSR count). The number of aliphatic hydroxyl groups is 1. The van der Waals surface area contributed by atoms with Crippen LogP contribution in [0, 0.1) is 19.8 Å². The highest BCUT2D eigenvalue weighted by molar-refractivity contribution is 7.11. The molecule has 0 saturated heterocycles. The molecule has 124 valence electrons. The lowest BCUT2D eigenvalue weighted by Crippen LogP contribution is -2.43. The number of rotatable bonds is 5. The normalized spacial score (nSPS) is 21.6. The first kappa shape index (κ1) is 17.2. The van der Waals surface area contributed by atoms with E-state index in [9.17, 15) is 9.90 Å². The van der Waals surface area contributed by atoms with Gasteiger partial charge in [0.1, 0.15) is 0 Å². The third kappa shape index (κ3) is 4.68. The highest BCUT2D eigenvalue weighted by Gasteiger charge is 2.25. The van der Waals surface area contributed by atoms with Gasteiger partial charge in [-0.25, -0.2) is 9.78 Å². The van der Waals surface area contributed by atoms with Crippen LogP contribution in [0.1, 0.15) is 41.3 Å². The van der Waals surface area contributed by atoms with E-state index in [0.29, 0.717) is 13.1 Å². The first-order chi connectivity index (χ1) is 10.5. The fraction of sp³-hybridized carbons (Fsp3) is 0.750. The molecule has 0 aromatic carbocycles. The van der Waals surface area contributed by atoms with E-state index in [1.807, 2.05) is 13.8 Å². The van der Waals surface area contributed by atoms with Crippen molar-refractivity contribution in [3.05, 3.63) is 15.6 Å². The van der Waals surface area contributed by atoms with Crippen molar-refractivity contribution in [3.8, 4) is 0 Å². The fourth-order valence-corrected chi connectivity index (χ4v) is 4.00. The third-order valence-corrected chi connectivity index (χ3v) is 5.48. The first-order valence-corrected chi connectivity index (χ1v) is 8.89. The quantitative estimate of drug-likeness (QED) is 0.874. The van der Waals surface area contributed by atoms with Crippen molar-refractivity contribution in [1.29, 1.82) is 0 Å². The van der Waals surface area contributed by atoms with E-state index in [1.54, 1.807) is 23.3 Å². The summed E-state index contributed by atoms with van der Waals surface area (Å²) in [5.74, 6) is 0.218. The lowest BCUT2D eigenvalue weighted by Gasteiger charge is -2.31. The van der Waals surface area contributed by atoms with Crippen LogP contribution in [0.4, 0.5) is 4.79 Å². The standard InChI is InChI=1S/C16H27N3O2S/c1-11-15(22-12(2)18-11)8-9-17-16(21)19(3)10-13-6-4-5-7-14(13)20/h13-14,20H,4-10H2,1-3H3,(H,17,21)/t13-,14-/m0/s1. The summed E-state index contributed by atoms with van der Waals surface area (Å²) in [5.41, 5.74) is 1.07. The van der Waals surface area contributed by atoms with E-state index in [1.165, 1.54) is 4.88 Å². The van der Waals surface area contributed by atoms with Gasteiger partial charge in [-0.3, -0.25) is 0 Å². The van der Waals surface area contributed by atoms with Gasteiger partial charge in [-0.15, -0.1) is 11.3 Å². The Morgan fingerprint density at radius 1 is 1.41 bits per heavy atom. The Labute approximate surface area is 136 Å². The van der Waals surface area contributed by atoms with Crippen molar-refractivity contribution in [2.45, 2.75) is 52.1 Å². The molecule has 1 aromatic rings. The zero-order valence-corrected chi connectivity index (χ0v) is 14.6. The van der Waals surface area contributed by atoms with Gasteiger partial charge < -0.3 is 15.3 Å². The van der Waals surface area contributed by atoms with Crippen LogP contribution < -0.4 is 5.32 Å². The number of aryl methyl sites for hydroxylation is 2. The lowest BCUT2D eigenvalue weighted by molar-refractivity contribution is 0.0565. The Hall–Kier alpha value is -1.14. The maximum Gasteiger partial charge on any atom is 0.317 e. The van der Waals surface area contributed by atoms with Crippen LogP contribution in [-0.2, 0) is 6.42 Å². The second-order valence-electron chi connectivity index (χ2n) is 6.22. The minimum absolute atomic E-state index is 0.0586. The van der Waals surface area contributed by atoms with Gasteiger partial charge in [-0.2, -0.15) is 0 Å². The maximum atomic E-state index is 12.1. The van der Waals surface area contributed by atoms with Gasteiger partial charge in [0, 0.05) is 37.4 Å². The summed E-state index contributed by atoms with van der Waals surface area (Å²) in [7, 11) is 1.80. The van der Waals surface area contributed by atoms with Gasteiger partial charge in [0.2, 0.25) is 0 Å². The topological polar surface area (TPSA) is 65.5 Å². The molecule has 0 bridgehead atoms. The van der Waals surface area contributed by atoms with E-state index in [-0.39, 0.29) is 18.1 Å². The van der Waals surface area contributed by atoms with Crippen LogP contribution in [0.3, 0.4) is 0 Å². The Bertz CT molecular complexity index is 504. The Balaban J connectivity index is 1.73. The van der Waals surface area contributed by atoms with Crippen LogP contribution in [0.25, 0.3) is 0 Å². The van der Waals surface area contributed by atoms with E-state index in [0.717, 1.165) is 42.8 Å². The molecule has 1 fully saturated rings. The molecule has 0 spiro atoms. The number of amides is 2. The van der Waals surface area contributed by atoms with Gasteiger partial charge in [0.15, 0.2) is 0 Å². The van der Waals surface area contributed by atoms with Gasteiger partial charge in [-0.1, -0.05) is 12.8 Å². The van der Waals surface area contributed by atoms with Gasteiger partial charge in [0.25, 0.3) is 0 Å². The third-order valence-electron chi connectivity index (χ3n) is 4.35. The van der Waals surface area contributed by atoms with Crippen LogP contribution >= 0.6 is 11.3 Å². The molecule has 1 aliphatic rings. The number of thiazole rings is 1. The molecule has 5 nitrogen and oxygen atoms in total. The van der Waals surface area contributed by atoms with E-state index < -0.39 is 0 Å². The smallest absolute Gasteiger partial charge is 0.317 e. The summed E-state index contributed by atoms with van der Waals surface area (Å²) < 4.78 is 0. The van der Waals surface area contributed by atoms with E-state index >= 15 is 0 Å². The molecular weight excluding hydrogens is 298 g/mol. The largest absolute Gasteiger partial charge is 0.393 e. The van der Waals surface area contributed by atoms with Crippen molar-refractivity contribution >= 4 is 17.4 Å². The van der Waals surface area contributed by atoms with Crippen LogP contribution in [0.5, 0.6) is 0 Å². The Morgan fingerprint density at radius 2 is 2.14 bits per heavy atom. The summed E-state index contributed by atoms with van der Waals surface area (Å²) >= 11 is 1.69. The summed E-state index contributed by atoms with van der Waals surface area (Å²) in [4.78, 5) is 19.5.